The van der Waals surface area contributed by atoms with Crippen LogP contribution in [0.2, 0.25) is 0 Å². The first-order valence-electron chi connectivity index (χ1n) is 6.05. The van der Waals surface area contributed by atoms with Gasteiger partial charge >= 0.3 is 5.97 Å². The van der Waals surface area contributed by atoms with Crippen molar-refractivity contribution in [1.29, 1.82) is 5.26 Å². The molecule has 8 heteroatoms. The number of nitrogens with zero attached hydrogens (tertiary/aromatic N) is 2. The number of aromatic nitrogens is 1. The average Bonchev–Trinajstić information content (AvgIpc) is 2.42. The van der Waals surface area contributed by atoms with Gasteiger partial charge in [-0.3, -0.25) is 9.59 Å². The van der Waals surface area contributed by atoms with Gasteiger partial charge in [0.15, 0.2) is 0 Å². The van der Waals surface area contributed by atoms with Gasteiger partial charge in [-0.05, 0) is 25.5 Å². The predicted octanol–water partition coefficient (Wildman–Crippen LogP) is -0.290. The highest BCUT2D eigenvalue weighted by Gasteiger charge is 2.22. The van der Waals surface area contributed by atoms with E-state index in [2.05, 4.69) is 10.3 Å². The van der Waals surface area contributed by atoms with Crippen molar-refractivity contribution in [2.24, 2.45) is 5.73 Å². The zero-order valence-corrected chi connectivity index (χ0v) is 11.3. The van der Waals surface area contributed by atoms with Crippen LogP contribution in [0.1, 0.15) is 34.6 Å². The van der Waals surface area contributed by atoms with E-state index in [4.69, 9.17) is 16.1 Å². The van der Waals surface area contributed by atoms with Crippen LogP contribution in [0, 0.1) is 18.3 Å². The molecule has 0 aromatic carbocycles. The van der Waals surface area contributed by atoms with E-state index in [1.807, 2.05) is 6.07 Å². The molecule has 21 heavy (non-hydrogen) atoms. The van der Waals surface area contributed by atoms with Crippen molar-refractivity contribution in [1.82, 2.24) is 10.3 Å². The van der Waals surface area contributed by atoms with Crippen LogP contribution in [-0.4, -0.2) is 33.9 Å². The quantitative estimate of drug-likeness (QED) is 0.656. The first-order valence-corrected chi connectivity index (χ1v) is 6.05. The number of hydrogen-bond donors (Lipinski definition) is 3. The van der Waals surface area contributed by atoms with E-state index in [1.165, 1.54) is 12.1 Å². The van der Waals surface area contributed by atoms with E-state index >= 15 is 0 Å². The summed E-state index contributed by atoms with van der Waals surface area (Å²) in [6, 6.07) is 3.43. The number of carboxylic acid groups (broad SMARTS) is 1. The number of aliphatic carboxylic acids is 1. The molecule has 1 aromatic heterocycles. The van der Waals surface area contributed by atoms with Crippen LogP contribution in [0.15, 0.2) is 12.1 Å². The molecule has 0 fully saturated rings. The molecule has 1 unspecified atom stereocenters. The summed E-state index contributed by atoms with van der Waals surface area (Å²) in [7, 11) is 0. The third-order valence-corrected chi connectivity index (χ3v) is 2.72. The van der Waals surface area contributed by atoms with Crippen molar-refractivity contribution in [3.05, 3.63) is 29.1 Å². The summed E-state index contributed by atoms with van der Waals surface area (Å²) in [6.07, 6.45) is -0.261. The number of rotatable bonds is 6. The summed E-state index contributed by atoms with van der Waals surface area (Å²) in [5, 5.41) is 20.0. The minimum Gasteiger partial charge on any atom is -0.480 e. The maximum absolute atomic E-state index is 11.9. The molecular formula is C13H14N4O4. The summed E-state index contributed by atoms with van der Waals surface area (Å²) in [5.74, 6) is -2.61. The first kappa shape index (κ1) is 16.1. The van der Waals surface area contributed by atoms with E-state index in [1.54, 1.807) is 6.92 Å². The minimum absolute atomic E-state index is 0.00294. The molecule has 0 aliphatic heterocycles. The number of pyridine rings is 1. The Labute approximate surface area is 120 Å². The van der Waals surface area contributed by atoms with Crippen molar-refractivity contribution < 1.29 is 19.5 Å². The monoisotopic (exact) mass is 290 g/mol. The minimum atomic E-state index is -1.27. The van der Waals surface area contributed by atoms with Gasteiger partial charge in [0.25, 0.3) is 5.91 Å². The molecule has 1 heterocycles. The van der Waals surface area contributed by atoms with E-state index in [0.717, 1.165) is 0 Å². The van der Waals surface area contributed by atoms with Crippen molar-refractivity contribution in [2.75, 3.05) is 0 Å². The summed E-state index contributed by atoms with van der Waals surface area (Å²) >= 11 is 0. The lowest BCUT2D eigenvalue weighted by molar-refractivity contribution is -0.139. The summed E-state index contributed by atoms with van der Waals surface area (Å²) in [4.78, 5) is 37.5. The molecule has 0 radical (unpaired) electrons. The molecule has 2 amide bonds. The Morgan fingerprint density at radius 2 is 2.14 bits per heavy atom. The fraction of sp³-hybridized carbons (Fsp3) is 0.308. The Morgan fingerprint density at radius 1 is 1.48 bits per heavy atom. The second-order valence-corrected chi connectivity index (χ2v) is 4.31. The molecule has 1 rings (SSSR count). The number of nitrogens with one attached hydrogen (secondary N) is 1. The Morgan fingerprint density at radius 3 is 2.62 bits per heavy atom. The number of nitrogens with two attached hydrogens (primary N) is 1. The lowest BCUT2D eigenvalue weighted by atomic mass is 10.1. The van der Waals surface area contributed by atoms with Gasteiger partial charge in [0.05, 0.1) is 11.3 Å². The van der Waals surface area contributed by atoms with E-state index in [9.17, 15) is 14.4 Å². The molecule has 0 saturated heterocycles. The number of aryl methyl sites for hydroxylation is 1. The number of primary amides is 1. The fourth-order valence-corrected chi connectivity index (χ4v) is 1.58. The zero-order valence-electron chi connectivity index (χ0n) is 11.3. The maximum Gasteiger partial charge on any atom is 0.326 e. The molecule has 4 N–H and O–H groups in total. The third kappa shape index (κ3) is 4.58. The van der Waals surface area contributed by atoms with Crippen LogP contribution < -0.4 is 11.1 Å². The van der Waals surface area contributed by atoms with Crippen LogP contribution >= 0.6 is 0 Å². The highest BCUT2D eigenvalue weighted by Crippen LogP contribution is 2.06. The SMILES string of the molecule is Cc1nc(C(=O)NC(CCC(N)=O)C(=O)O)ccc1C#N. The maximum atomic E-state index is 11.9. The first-order chi connectivity index (χ1) is 9.85. The topological polar surface area (TPSA) is 146 Å². The normalized spacial score (nSPS) is 11.2. The molecule has 0 aliphatic rings. The van der Waals surface area contributed by atoms with Gasteiger partial charge in [-0.1, -0.05) is 0 Å². The van der Waals surface area contributed by atoms with Crippen LogP contribution in [0.25, 0.3) is 0 Å². The number of nitriles is 1. The third-order valence-electron chi connectivity index (χ3n) is 2.72. The average molecular weight is 290 g/mol. The van der Waals surface area contributed by atoms with Gasteiger partial charge < -0.3 is 16.2 Å². The zero-order chi connectivity index (χ0) is 16.0. The Kier molecular flexibility index (Phi) is 5.37. The van der Waals surface area contributed by atoms with Gasteiger partial charge in [0, 0.05) is 6.42 Å². The van der Waals surface area contributed by atoms with Crippen LogP contribution in [0.4, 0.5) is 0 Å². The number of carbonyl (C=O) groups excluding carboxylic acids is 2. The molecular weight excluding hydrogens is 276 g/mol. The molecule has 110 valence electrons. The number of carboxylic acids is 1. The van der Waals surface area contributed by atoms with Crippen molar-refractivity contribution in [3.8, 4) is 6.07 Å². The predicted molar refractivity (Wildman–Crippen MR) is 71.0 cm³/mol. The number of amides is 2. The largest absolute Gasteiger partial charge is 0.480 e. The lowest BCUT2D eigenvalue weighted by Crippen LogP contribution is -2.41. The summed E-state index contributed by atoms with van der Waals surface area (Å²) in [6.45, 7) is 1.57. The molecule has 0 bridgehead atoms. The molecule has 0 aliphatic carbocycles. The van der Waals surface area contributed by atoms with Gasteiger partial charge in [-0.2, -0.15) is 5.26 Å². The number of hydrogen-bond acceptors (Lipinski definition) is 5. The Hall–Kier alpha value is -2.95. The van der Waals surface area contributed by atoms with E-state index < -0.39 is 23.8 Å². The van der Waals surface area contributed by atoms with Crippen LogP contribution in [0.5, 0.6) is 0 Å². The van der Waals surface area contributed by atoms with Crippen LogP contribution in [0.3, 0.4) is 0 Å². The van der Waals surface area contributed by atoms with Gasteiger partial charge in [0.1, 0.15) is 17.8 Å². The van der Waals surface area contributed by atoms with Gasteiger partial charge in [-0.15, -0.1) is 0 Å². The molecule has 8 nitrogen and oxygen atoms in total. The lowest BCUT2D eigenvalue weighted by Gasteiger charge is -2.13. The van der Waals surface area contributed by atoms with Crippen molar-refractivity contribution in [3.63, 3.8) is 0 Å². The van der Waals surface area contributed by atoms with E-state index in [0.29, 0.717) is 11.3 Å². The smallest absolute Gasteiger partial charge is 0.326 e. The Bertz CT molecular complexity index is 621. The van der Waals surface area contributed by atoms with Crippen molar-refractivity contribution >= 4 is 17.8 Å². The highest BCUT2D eigenvalue weighted by atomic mass is 16.4. The molecule has 1 atom stereocenters. The molecule has 1 aromatic rings. The molecule has 0 saturated carbocycles. The second kappa shape index (κ2) is 7.00. The standard InChI is InChI=1S/C13H14N4O4/c1-7-8(6-14)2-3-9(16-7)12(19)17-10(13(20)21)4-5-11(15)18/h2-3,10H,4-5H2,1H3,(H2,15,18)(H,17,19)(H,20,21). The Balaban J connectivity index is 2.82. The van der Waals surface area contributed by atoms with E-state index in [-0.39, 0.29) is 18.5 Å². The summed E-state index contributed by atoms with van der Waals surface area (Å²) < 4.78 is 0. The molecule has 0 spiro atoms. The highest BCUT2D eigenvalue weighted by molar-refractivity contribution is 5.95. The summed E-state index contributed by atoms with van der Waals surface area (Å²) in [5.41, 5.74) is 5.64. The second-order valence-electron chi connectivity index (χ2n) is 4.31. The van der Waals surface area contributed by atoms with Crippen molar-refractivity contribution in [2.45, 2.75) is 25.8 Å². The fourth-order valence-electron chi connectivity index (χ4n) is 1.58. The van der Waals surface area contributed by atoms with Gasteiger partial charge in [-0.25, -0.2) is 9.78 Å². The van der Waals surface area contributed by atoms with Crippen LogP contribution in [-0.2, 0) is 9.59 Å². The number of carbonyl (C=O) groups is 3. The van der Waals surface area contributed by atoms with Gasteiger partial charge in [0.2, 0.25) is 5.91 Å².